The van der Waals surface area contributed by atoms with Crippen LogP contribution in [0.3, 0.4) is 0 Å². The van der Waals surface area contributed by atoms with Gasteiger partial charge in [0.25, 0.3) is 0 Å². The Morgan fingerprint density at radius 1 is 1.26 bits per heavy atom. The van der Waals surface area contributed by atoms with Gasteiger partial charge < -0.3 is 39.5 Å². The molecule has 2 bridgehead atoms. The number of fused-ring (bicyclic) bond motifs is 2. The molecule has 0 radical (unpaired) electrons. The number of esters is 1. The number of rotatable bonds is 10. The second kappa shape index (κ2) is 15.5. The first-order chi connectivity index (χ1) is 22.0. The summed E-state index contributed by atoms with van der Waals surface area (Å²) in [6.07, 6.45) is 6.77. The molecule has 12 atom stereocenters. The van der Waals surface area contributed by atoms with Gasteiger partial charge in [-0.15, -0.1) is 0 Å². The molecular weight excluding hydrogens is 604 g/mol. The Morgan fingerprint density at radius 2 is 1.98 bits per heavy atom. The van der Waals surface area contributed by atoms with Crippen LogP contribution >= 0.6 is 0 Å². The zero-order valence-corrected chi connectivity index (χ0v) is 29.2. The summed E-state index contributed by atoms with van der Waals surface area (Å²) in [5.41, 5.74) is -1.92. The smallest absolute Gasteiger partial charge is 0.410 e. The molecule has 0 aromatic carbocycles. The van der Waals surface area contributed by atoms with E-state index < -0.39 is 47.7 Å². The maximum absolute atomic E-state index is 13.4. The maximum Gasteiger partial charge on any atom is 0.410 e. The number of nitrogens with zero attached hydrogens (tertiary/aromatic N) is 2. The molecule has 1 amide bonds. The molecule has 10 unspecified atom stereocenters. The number of hydrogen-bond acceptors (Lipinski definition) is 10. The highest BCUT2D eigenvalue weighted by atomic mass is 16.6. The zero-order chi connectivity index (χ0) is 34.7. The number of ether oxygens (including phenoxy) is 3. The number of aliphatic hydroxyl groups excluding tert-OH is 2. The Hall–Kier alpha value is -2.28. The summed E-state index contributed by atoms with van der Waals surface area (Å²) in [5.74, 6) is -0.935. The minimum Gasteiger partial charge on any atom is -0.457 e. The summed E-state index contributed by atoms with van der Waals surface area (Å²) in [6, 6.07) is 0.417. The van der Waals surface area contributed by atoms with Crippen LogP contribution in [0.25, 0.3) is 0 Å². The third kappa shape index (κ3) is 9.67. The van der Waals surface area contributed by atoms with E-state index in [0.29, 0.717) is 31.0 Å². The first kappa shape index (κ1) is 37.5. The first-order valence-electron chi connectivity index (χ1n) is 17.5. The normalized spacial score (nSPS) is 38.7. The molecule has 0 aliphatic carbocycles. The van der Waals surface area contributed by atoms with Crippen molar-refractivity contribution in [1.82, 2.24) is 9.80 Å². The Labute approximate surface area is 280 Å². The van der Waals surface area contributed by atoms with Gasteiger partial charge in [-0.2, -0.15) is 0 Å². The van der Waals surface area contributed by atoms with Crippen LogP contribution in [0.15, 0.2) is 36.0 Å². The van der Waals surface area contributed by atoms with Gasteiger partial charge in [0.05, 0.1) is 36.4 Å². The lowest BCUT2D eigenvalue weighted by atomic mass is 9.88. The van der Waals surface area contributed by atoms with Crippen molar-refractivity contribution in [1.29, 1.82) is 0 Å². The molecule has 4 N–H and O–H groups in total. The third-order valence-corrected chi connectivity index (χ3v) is 10.6. The van der Waals surface area contributed by atoms with Crippen LogP contribution in [-0.2, 0) is 19.0 Å². The fourth-order valence-corrected chi connectivity index (χ4v) is 7.34. The highest BCUT2D eigenvalue weighted by Crippen LogP contribution is 2.38. The van der Waals surface area contributed by atoms with Crippen LogP contribution in [0.2, 0.25) is 0 Å². The molecule has 4 rings (SSSR count). The molecule has 0 aromatic heterocycles. The molecule has 11 heteroatoms. The number of likely N-dealkylation sites (tertiary alicyclic amines) is 2. The number of amides is 1. The Kier molecular flexibility index (Phi) is 12.4. The van der Waals surface area contributed by atoms with Crippen molar-refractivity contribution < 1.29 is 44.2 Å². The predicted molar refractivity (Wildman–Crippen MR) is 177 cm³/mol. The van der Waals surface area contributed by atoms with E-state index in [9.17, 15) is 30.0 Å². The van der Waals surface area contributed by atoms with E-state index in [1.54, 1.807) is 49.1 Å². The number of likely N-dealkylation sites (N-methyl/N-ethyl adjacent to an activating group) is 1. The third-order valence-electron chi connectivity index (χ3n) is 10.6. The quantitative estimate of drug-likeness (QED) is 0.118. The van der Waals surface area contributed by atoms with Gasteiger partial charge in [-0.1, -0.05) is 52.0 Å². The molecule has 0 aromatic rings. The molecule has 4 heterocycles. The van der Waals surface area contributed by atoms with E-state index in [4.69, 9.17) is 14.2 Å². The molecule has 0 saturated carbocycles. The minimum atomic E-state index is -1.48. The second-order valence-corrected chi connectivity index (χ2v) is 14.8. The topological polar surface area (TPSA) is 153 Å². The van der Waals surface area contributed by atoms with E-state index >= 15 is 0 Å². The molecule has 47 heavy (non-hydrogen) atoms. The maximum atomic E-state index is 13.4. The first-order valence-corrected chi connectivity index (χ1v) is 17.5. The van der Waals surface area contributed by atoms with Gasteiger partial charge in [-0.05, 0) is 64.6 Å². The van der Waals surface area contributed by atoms with Crippen LogP contribution in [0, 0.1) is 11.8 Å². The molecule has 3 saturated heterocycles. The number of piperazine rings is 1. The average Bonchev–Trinajstić information content (AvgIpc) is 3.44. The zero-order valence-electron chi connectivity index (χ0n) is 29.2. The van der Waals surface area contributed by atoms with Crippen molar-refractivity contribution in [3.05, 3.63) is 36.0 Å². The van der Waals surface area contributed by atoms with Crippen molar-refractivity contribution in [2.45, 2.75) is 147 Å². The van der Waals surface area contributed by atoms with Crippen molar-refractivity contribution in [2.75, 3.05) is 19.6 Å². The van der Waals surface area contributed by atoms with Gasteiger partial charge in [-0.25, -0.2) is 4.79 Å². The van der Waals surface area contributed by atoms with E-state index in [2.05, 4.69) is 11.8 Å². The van der Waals surface area contributed by atoms with E-state index in [1.807, 2.05) is 27.7 Å². The Bertz CT molecular complexity index is 1180. The van der Waals surface area contributed by atoms with Crippen molar-refractivity contribution in [3.8, 4) is 0 Å². The number of aliphatic hydroxyl groups is 4. The number of epoxide rings is 1. The standard InChI is InChI=1S/C36H58N2O9/c1-8-28(40)24(5)33-29(45-33)19-35(6,43)15-10-11-22(3)32-23(4)12-13-30(36(7,44)16-14-27(39)18-31(41)47-32)46-34(42)38-21-25-17-26(38)20-37(25)9-2/h10-13,15,23-30,32-33,39-40,43-44H,8-9,14,16-21H2,1-7H3/b13-12+,15-10+,22-11+/t23?,24?,25-,26-,27?,28?,29?,30?,32?,33?,35?,36?/m1/s1. The molecule has 266 valence electrons. The van der Waals surface area contributed by atoms with Gasteiger partial charge >= 0.3 is 12.1 Å². The number of allylic oxidation sites excluding steroid dienone is 2. The number of cyclic esters (lactones) is 1. The van der Waals surface area contributed by atoms with Gasteiger partial charge in [-0.3, -0.25) is 9.69 Å². The fourth-order valence-electron chi connectivity index (χ4n) is 7.34. The summed E-state index contributed by atoms with van der Waals surface area (Å²) < 4.78 is 17.6. The van der Waals surface area contributed by atoms with Crippen LogP contribution in [0.1, 0.15) is 87.0 Å². The number of carbonyl (C=O) groups is 2. The van der Waals surface area contributed by atoms with Gasteiger partial charge in [0.2, 0.25) is 0 Å². The average molecular weight is 663 g/mol. The van der Waals surface area contributed by atoms with Gasteiger partial charge in [0.1, 0.15) is 11.7 Å². The van der Waals surface area contributed by atoms with E-state index in [0.717, 1.165) is 19.5 Å². The fraction of sp³-hybridized carbons (Fsp3) is 0.778. The molecule has 11 nitrogen and oxygen atoms in total. The summed E-state index contributed by atoms with van der Waals surface area (Å²) in [7, 11) is 0. The second-order valence-electron chi connectivity index (χ2n) is 14.8. The Morgan fingerprint density at radius 3 is 2.62 bits per heavy atom. The lowest BCUT2D eigenvalue weighted by molar-refractivity contribution is -0.151. The number of carbonyl (C=O) groups excluding carboxylic acids is 2. The van der Waals surface area contributed by atoms with Gasteiger partial charge in [0.15, 0.2) is 6.10 Å². The predicted octanol–water partition coefficient (Wildman–Crippen LogP) is 3.49. The highest BCUT2D eigenvalue weighted by molar-refractivity contribution is 5.70. The summed E-state index contributed by atoms with van der Waals surface area (Å²) in [4.78, 5) is 30.3. The van der Waals surface area contributed by atoms with Crippen LogP contribution in [0.5, 0.6) is 0 Å². The SMILES string of the molecule is CCC(O)C(C)C1OC1CC(C)(O)/C=C/C=C(\C)C1OC(=O)CC(O)CCC(C)(O)C(OC(=O)N2C[C@H]3C[C@@H]2CN3CC)/C=C/C1C. The van der Waals surface area contributed by atoms with E-state index in [1.165, 1.54) is 0 Å². The van der Waals surface area contributed by atoms with E-state index in [-0.39, 0.29) is 49.3 Å². The lowest BCUT2D eigenvalue weighted by Crippen LogP contribution is -2.51. The summed E-state index contributed by atoms with van der Waals surface area (Å²) in [5, 5.41) is 43.2. The van der Waals surface area contributed by atoms with Crippen LogP contribution in [-0.4, -0.2) is 122 Å². The lowest BCUT2D eigenvalue weighted by Gasteiger charge is -2.36. The van der Waals surface area contributed by atoms with Crippen molar-refractivity contribution in [2.24, 2.45) is 11.8 Å². The number of hydrogen-bond donors (Lipinski definition) is 4. The summed E-state index contributed by atoms with van der Waals surface area (Å²) >= 11 is 0. The van der Waals surface area contributed by atoms with Crippen LogP contribution < -0.4 is 0 Å². The van der Waals surface area contributed by atoms with Crippen LogP contribution in [0.4, 0.5) is 4.79 Å². The molecule has 4 aliphatic rings. The molecular formula is C36H58N2O9. The van der Waals surface area contributed by atoms with Crippen molar-refractivity contribution in [3.63, 3.8) is 0 Å². The Balaban J connectivity index is 1.46. The minimum absolute atomic E-state index is 0.00958. The molecule has 4 aliphatic heterocycles. The van der Waals surface area contributed by atoms with Gasteiger partial charge in [0, 0.05) is 43.4 Å². The molecule has 0 spiro atoms. The molecule has 3 fully saturated rings. The monoisotopic (exact) mass is 662 g/mol. The van der Waals surface area contributed by atoms with Crippen molar-refractivity contribution >= 4 is 12.1 Å². The summed E-state index contributed by atoms with van der Waals surface area (Å²) in [6.45, 7) is 15.4. The highest BCUT2D eigenvalue weighted by Gasteiger charge is 2.48. The largest absolute Gasteiger partial charge is 0.457 e.